The van der Waals surface area contributed by atoms with E-state index >= 15 is 0 Å². The van der Waals surface area contributed by atoms with E-state index in [2.05, 4.69) is 22.1 Å². The number of rotatable bonds is 0. The molecule has 2 nitrogen and oxygen atoms in total. The standard InChI is InChI=1S/C14H16N2/c1-2-12(11-16-7-1)3-4-13-10-14(13)5-8-15-9-6-14/h1-2,7,11,13,15H,5-6,8-10H2. The number of hydrogen-bond donors (Lipinski definition) is 1. The lowest BCUT2D eigenvalue weighted by Crippen LogP contribution is -2.29. The number of aromatic nitrogens is 1. The fraction of sp³-hybridized carbons (Fsp3) is 0.500. The van der Waals surface area contributed by atoms with Crippen LogP contribution in [0.2, 0.25) is 0 Å². The lowest BCUT2D eigenvalue weighted by molar-refractivity contribution is 0.339. The Labute approximate surface area is 96.5 Å². The second-order valence-corrected chi connectivity index (χ2v) is 4.88. The SMILES string of the molecule is C(#CC1CC12CCNCC2)c1cccnc1. The smallest absolute Gasteiger partial charge is 0.0428 e. The molecule has 1 aliphatic carbocycles. The average Bonchev–Trinajstić information content (AvgIpc) is 3.01. The first-order chi connectivity index (χ1) is 7.89. The molecule has 0 bridgehead atoms. The van der Waals surface area contributed by atoms with Gasteiger partial charge in [0.15, 0.2) is 0 Å². The third kappa shape index (κ3) is 1.83. The maximum Gasteiger partial charge on any atom is 0.0428 e. The van der Waals surface area contributed by atoms with Crippen LogP contribution in [-0.4, -0.2) is 18.1 Å². The minimum absolute atomic E-state index is 0.570. The molecule has 1 N–H and O–H groups in total. The molecule has 1 unspecified atom stereocenters. The Kier molecular flexibility index (Phi) is 2.41. The van der Waals surface area contributed by atoms with Gasteiger partial charge < -0.3 is 5.32 Å². The number of nitrogens with one attached hydrogen (secondary N) is 1. The highest BCUT2D eigenvalue weighted by Crippen LogP contribution is 2.58. The monoisotopic (exact) mass is 212 g/mol. The van der Waals surface area contributed by atoms with Gasteiger partial charge >= 0.3 is 0 Å². The van der Waals surface area contributed by atoms with Gasteiger partial charge in [0.25, 0.3) is 0 Å². The Hall–Kier alpha value is -1.33. The molecule has 16 heavy (non-hydrogen) atoms. The zero-order chi connectivity index (χ0) is 10.8. The molecule has 0 radical (unpaired) electrons. The summed E-state index contributed by atoms with van der Waals surface area (Å²) in [7, 11) is 0. The molecule has 1 saturated carbocycles. The number of hydrogen-bond acceptors (Lipinski definition) is 2. The first-order valence-electron chi connectivity index (χ1n) is 6.01. The van der Waals surface area contributed by atoms with Gasteiger partial charge in [-0.3, -0.25) is 4.98 Å². The van der Waals surface area contributed by atoms with Crippen LogP contribution < -0.4 is 5.32 Å². The molecular formula is C14H16N2. The third-order valence-corrected chi connectivity index (χ3v) is 3.84. The Morgan fingerprint density at radius 2 is 2.25 bits per heavy atom. The van der Waals surface area contributed by atoms with Gasteiger partial charge in [-0.15, -0.1) is 0 Å². The molecule has 1 aromatic rings. The molecule has 2 heterocycles. The molecule has 2 aliphatic rings. The summed E-state index contributed by atoms with van der Waals surface area (Å²) in [5.74, 6) is 7.29. The van der Waals surface area contributed by atoms with Crippen LogP contribution in [0.5, 0.6) is 0 Å². The van der Waals surface area contributed by atoms with E-state index in [0.29, 0.717) is 11.3 Å². The van der Waals surface area contributed by atoms with E-state index in [4.69, 9.17) is 0 Å². The van der Waals surface area contributed by atoms with Crippen molar-refractivity contribution >= 4 is 0 Å². The van der Waals surface area contributed by atoms with Crippen LogP contribution in [0.3, 0.4) is 0 Å². The highest BCUT2D eigenvalue weighted by molar-refractivity contribution is 5.34. The van der Waals surface area contributed by atoms with Crippen molar-refractivity contribution in [2.45, 2.75) is 19.3 Å². The predicted molar refractivity (Wildman–Crippen MR) is 63.8 cm³/mol. The van der Waals surface area contributed by atoms with Crippen molar-refractivity contribution in [2.24, 2.45) is 11.3 Å². The first-order valence-corrected chi connectivity index (χ1v) is 6.01. The van der Waals surface area contributed by atoms with E-state index in [9.17, 15) is 0 Å². The van der Waals surface area contributed by atoms with Crippen molar-refractivity contribution in [2.75, 3.05) is 13.1 Å². The van der Waals surface area contributed by atoms with E-state index in [1.54, 1.807) is 6.20 Å². The van der Waals surface area contributed by atoms with Gasteiger partial charge in [0.2, 0.25) is 0 Å². The summed E-state index contributed by atoms with van der Waals surface area (Å²) < 4.78 is 0. The number of nitrogens with zero attached hydrogens (tertiary/aromatic N) is 1. The highest BCUT2D eigenvalue weighted by Gasteiger charge is 2.52. The van der Waals surface area contributed by atoms with Crippen LogP contribution in [0.15, 0.2) is 24.5 Å². The van der Waals surface area contributed by atoms with Gasteiger partial charge in [0.05, 0.1) is 0 Å². The summed E-state index contributed by atoms with van der Waals surface area (Å²) in [5, 5.41) is 3.42. The molecule has 82 valence electrons. The highest BCUT2D eigenvalue weighted by atomic mass is 14.9. The molecule has 1 atom stereocenters. The third-order valence-electron chi connectivity index (χ3n) is 3.84. The molecule has 2 fully saturated rings. The van der Waals surface area contributed by atoms with Gasteiger partial charge in [-0.2, -0.15) is 0 Å². The second-order valence-electron chi connectivity index (χ2n) is 4.88. The van der Waals surface area contributed by atoms with E-state index in [1.165, 1.54) is 32.4 Å². The van der Waals surface area contributed by atoms with E-state index in [1.807, 2.05) is 18.3 Å². The van der Waals surface area contributed by atoms with Crippen LogP contribution in [0.4, 0.5) is 0 Å². The van der Waals surface area contributed by atoms with Crippen molar-refractivity contribution in [1.82, 2.24) is 10.3 Å². The van der Waals surface area contributed by atoms with Gasteiger partial charge in [-0.1, -0.05) is 11.8 Å². The van der Waals surface area contributed by atoms with Crippen LogP contribution in [-0.2, 0) is 0 Å². The zero-order valence-electron chi connectivity index (χ0n) is 9.37. The Bertz CT molecular complexity index is 421. The summed E-state index contributed by atoms with van der Waals surface area (Å²) >= 11 is 0. The molecule has 0 aromatic carbocycles. The van der Waals surface area contributed by atoms with Gasteiger partial charge in [0, 0.05) is 23.9 Å². The van der Waals surface area contributed by atoms with Crippen molar-refractivity contribution in [3.05, 3.63) is 30.1 Å². The largest absolute Gasteiger partial charge is 0.317 e. The van der Waals surface area contributed by atoms with Crippen LogP contribution in [0.25, 0.3) is 0 Å². The number of pyridine rings is 1. The predicted octanol–water partition coefficient (Wildman–Crippen LogP) is 1.82. The normalized spacial score (nSPS) is 25.9. The Balaban J connectivity index is 1.67. The van der Waals surface area contributed by atoms with Crippen LogP contribution in [0, 0.1) is 23.2 Å². The fourth-order valence-electron chi connectivity index (χ4n) is 2.64. The minimum atomic E-state index is 0.570. The van der Waals surface area contributed by atoms with Gasteiger partial charge in [-0.25, -0.2) is 0 Å². The summed E-state index contributed by atoms with van der Waals surface area (Å²) in [6.07, 6.45) is 7.54. The molecule has 2 heteroatoms. The van der Waals surface area contributed by atoms with Crippen molar-refractivity contribution in [3.8, 4) is 11.8 Å². The molecule has 1 saturated heterocycles. The van der Waals surface area contributed by atoms with Crippen LogP contribution >= 0.6 is 0 Å². The van der Waals surface area contributed by atoms with E-state index < -0.39 is 0 Å². The fourth-order valence-corrected chi connectivity index (χ4v) is 2.64. The van der Waals surface area contributed by atoms with Gasteiger partial charge in [-0.05, 0) is 49.9 Å². The van der Waals surface area contributed by atoms with Crippen LogP contribution in [0.1, 0.15) is 24.8 Å². The van der Waals surface area contributed by atoms with Crippen molar-refractivity contribution < 1.29 is 0 Å². The number of piperidine rings is 1. The first kappa shape index (κ1) is 9.86. The summed E-state index contributed by atoms with van der Waals surface area (Å²) in [4.78, 5) is 4.07. The maximum atomic E-state index is 4.07. The molecule has 3 rings (SSSR count). The summed E-state index contributed by atoms with van der Waals surface area (Å²) in [6.45, 7) is 2.34. The minimum Gasteiger partial charge on any atom is -0.317 e. The van der Waals surface area contributed by atoms with E-state index in [0.717, 1.165) is 5.56 Å². The Morgan fingerprint density at radius 3 is 3.00 bits per heavy atom. The quantitative estimate of drug-likeness (QED) is 0.664. The van der Waals surface area contributed by atoms with Crippen molar-refractivity contribution in [3.63, 3.8) is 0 Å². The molecule has 1 aromatic heterocycles. The topological polar surface area (TPSA) is 24.9 Å². The summed E-state index contributed by atoms with van der Waals surface area (Å²) in [6, 6.07) is 3.97. The molecular weight excluding hydrogens is 196 g/mol. The van der Waals surface area contributed by atoms with Crippen molar-refractivity contribution in [1.29, 1.82) is 0 Å². The molecule has 1 aliphatic heterocycles. The molecule has 0 amide bonds. The van der Waals surface area contributed by atoms with Gasteiger partial charge in [0.1, 0.15) is 0 Å². The second kappa shape index (κ2) is 3.92. The molecule has 1 spiro atoms. The summed E-state index contributed by atoms with van der Waals surface area (Å²) in [5.41, 5.74) is 1.61. The Morgan fingerprint density at radius 1 is 1.38 bits per heavy atom. The average molecular weight is 212 g/mol. The lowest BCUT2D eigenvalue weighted by atomic mass is 9.92. The van der Waals surface area contributed by atoms with E-state index in [-0.39, 0.29) is 0 Å². The maximum absolute atomic E-state index is 4.07. The lowest BCUT2D eigenvalue weighted by Gasteiger charge is -2.22. The zero-order valence-corrected chi connectivity index (χ0v) is 9.37.